The SMILES string of the molecule is CC(=O)Nc1ccc(OCc2noc(C(=O)NCCCO)n2)cc1. The Morgan fingerprint density at radius 2 is 2.04 bits per heavy atom. The Labute approximate surface area is 138 Å². The summed E-state index contributed by atoms with van der Waals surface area (Å²) in [6.45, 7) is 1.78. The van der Waals surface area contributed by atoms with Crippen molar-refractivity contribution in [2.45, 2.75) is 20.0 Å². The molecule has 0 aliphatic rings. The van der Waals surface area contributed by atoms with E-state index in [2.05, 4.69) is 20.8 Å². The summed E-state index contributed by atoms with van der Waals surface area (Å²) < 4.78 is 10.3. The van der Waals surface area contributed by atoms with Crippen LogP contribution in [0.5, 0.6) is 5.75 Å². The monoisotopic (exact) mass is 334 g/mol. The minimum absolute atomic E-state index is 0.00999. The highest BCUT2D eigenvalue weighted by molar-refractivity contribution is 5.89. The highest BCUT2D eigenvalue weighted by Crippen LogP contribution is 2.16. The molecule has 0 atom stereocenters. The third-order valence-corrected chi connectivity index (χ3v) is 2.83. The van der Waals surface area contributed by atoms with Crippen LogP contribution in [0.15, 0.2) is 28.8 Å². The predicted octanol–water partition coefficient (Wildman–Crippen LogP) is 0.719. The molecule has 2 rings (SSSR count). The molecule has 0 aliphatic carbocycles. The van der Waals surface area contributed by atoms with Gasteiger partial charge in [0.2, 0.25) is 11.7 Å². The first-order valence-corrected chi connectivity index (χ1v) is 7.30. The van der Waals surface area contributed by atoms with Gasteiger partial charge in [0, 0.05) is 25.8 Å². The summed E-state index contributed by atoms with van der Waals surface area (Å²) in [7, 11) is 0. The van der Waals surface area contributed by atoms with Gasteiger partial charge in [0.15, 0.2) is 6.61 Å². The molecule has 9 heteroatoms. The predicted molar refractivity (Wildman–Crippen MR) is 83.4 cm³/mol. The molecule has 0 fully saturated rings. The van der Waals surface area contributed by atoms with Crippen LogP contribution in [0.2, 0.25) is 0 Å². The molecule has 9 nitrogen and oxygen atoms in total. The second kappa shape index (κ2) is 8.63. The van der Waals surface area contributed by atoms with E-state index in [4.69, 9.17) is 14.4 Å². The van der Waals surface area contributed by atoms with Crippen molar-refractivity contribution < 1.29 is 24.0 Å². The number of amides is 2. The summed E-state index contributed by atoms with van der Waals surface area (Å²) in [4.78, 5) is 26.5. The third kappa shape index (κ3) is 5.36. The number of benzene rings is 1. The minimum Gasteiger partial charge on any atom is -0.485 e. The van der Waals surface area contributed by atoms with Gasteiger partial charge < -0.3 is 25.0 Å². The quantitative estimate of drug-likeness (QED) is 0.607. The van der Waals surface area contributed by atoms with Gasteiger partial charge in [-0.15, -0.1) is 0 Å². The third-order valence-electron chi connectivity index (χ3n) is 2.83. The first-order chi connectivity index (χ1) is 11.6. The van der Waals surface area contributed by atoms with Crippen molar-refractivity contribution >= 4 is 17.5 Å². The molecular weight excluding hydrogens is 316 g/mol. The van der Waals surface area contributed by atoms with Gasteiger partial charge in [-0.25, -0.2) is 0 Å². The zero-order valence-corrected chi connectivity index (χ0v) is 13.1. The molecule has 2 amide bonds. The lowest BCUT2D eigenvalue weighted by molar-refractivity contribution is -0.114. The fourth-order valence-corrected chi connectivity index (χ4v) is 1.75. The summed E-state index contributed by atoms with van der Waals surface area (Å²) >= 11 is 0. The number of carbonyl (C=O) groups is 2. The van der Waals surface area contributed by atoms with E-state index in [-0.39, 0.29) is 30.8 Å². The molecule has 0 unspecified atom stereocenters. The average Bonchev–Trinajstić information content (AvgIpc) is 3.03. The van der Waals surface area contributed by atoms with E-state index in [9.17, 15) is 9.59 Å². The Bertz CT molecular complexity index is 683. The van der Waals surface area contributed by atoms with Gasteiger partial charge in [-0.1, -0.05) is 5.16 Å². The number of rotatable bonds is 8. The summed E-state index contributed by atoms with van der Waals surface area (Å²) in [5.74, 6) is -0.0224. The van der Waals surface area contributed by atoms with Crippen LogP contribution >= 0.6 is 0 Å². The number of aliphatic hydroxyl groups excluding tert-OH is 1. The van der Waals surface area contributed by atoms with Gasteiger partial charge in [0.25, 0.3) is 0 Å². The summed E-state index contributed by atoms with van der Waals surface area (Å²) in [5, 5.41) is 17.5. The fraction of sp³-hybridized carbons (Fsp3) is 0.333. The van der Waals surface area contributed by atoms with Crippen LogP contribution in [-0.4, -0.2) is 40.2 Å². The van der Waals surface area contributed by atoms with Crippen LogP contribution in [0.4, 0.5) is 5.69 Å². The highest BCUT2D eigenvalue weighted by Gasteiger charge is 2.14. The number of aromatic nitrogens is 2. The number of nitrogens with one attached hydrogen (secondary N) is 2. The molecule has 0 radical (unpaired) electrons. The van der Waals surface area contributed by atoms with E-state index in [1.807, 2.05) is 0 Å². The van der Waals surface area contributed by atoms with Crippen LogP contribution in [0.25, 0.3) is 0 Å². The Morgan fingerprint density at radius 1 is 1.29 bits per heavy atom. The molecule has 1 aromatic carbocycles. The van der Waals surface area contributed by atoms with Gasteiger partial charge in [0.05, 0.1) is 0 Å². The van der Waals surface area contributed by atoms with Gasteiger partial charge in [-0.3, -0.25) is 9.59 Å². The van der Waals surface area contributed by atoms with Crippen LogP contribution in [0.3, 0.4) is 0 Å². The molecule has 0 aliphatic heterocycles. The van der Waals surface area contributed by atoms with Crippen LogP contribution in [0.1, 0.15) is 29.9 Å². The molecule has 0 bridgehead atoms. The largest absolute Gasteiger partial charge is 0.485 e. The lowest BCUT2D eigenvalue weighted by atomic mass is 10.3. The van der Waals surface area contributed by atoms with Gasteiger partial charge in [-0.2, -0.15) is 4.98 Å². The van der Waals surface area contributed by atoms with Crippen LogP contribution in [-0.2, 0) is 11.4 Å². The van der Waals surface area contributed by atoms with E-state index in [0.717, 1.165) is 0 Å². The van der Waals surface area contributed by atoms with E-state index >= 15 is 0 Å². The number of hydrogen-bond acceptors (Lipinski definition) is 7. The number of nitrogens with zero attached hydrogens (tertiary/aromatic N) is 2. The molecule has 0 saturated carbocycles. The number of hydrogen-bond donors (Lipinski definition) is 3. The Morgan fingerprint density at radius 3 is 2.71 bits per heavy atom. The number of ether oxygens (including phenoxy) is 1. The second-order valence-corrected chi connectivity index (χ2v) is 4.84. The maximum Gasteiger partial charge on any atom is 0.316 e. The topological polar surface area (TPSA) is 127 Å². The normalized spacial score (nSPS) is 10.2. The summed E-state index contributed by atoms with van der Waals surface area (Å²) in [5.41, 5.74) is 0.663. The van der Waals surface area contributed by atoms with Crippen molar-refractivity contribution in [3.05, 3.63) is 36.0 Å². The lowest BCUT2D eigenvalue weighted by Gasteiger charge is -2.05. The molecule has 24 heavy (non-hydrogen) atoms. The Hall–Kier alpha value is -2.94. The molecule has 128 valence electrons. The van der Waals surface area contributed by atoms with Crippen molar-refractivity contribution in [2.24, 2.45) is 0 Å². The fourth-order valence-electron chi connectivity index (χ4n) is 1.75. The molecule has 1 heterocycles. The van der Waals surface area contributed by atoms with Crippen molar-refractivity contribution in [1.29, 1.82) is 0 Å². The van der Waals surface area contributed by atoms with Gasteiger partial charge >= 0.3 is 11.8 Å². The van der Waals surface area contributed by atoms with Crippen LogP contribution < -0.4 is 15.4 Å². The van der Waals surface area contributed by atoms with Crippen molar-refractivity contribution in [3.8, 4) is 5.75 Å². The highest BCUT2D eigenvalue weighted by atomic mass is 16.5. The second-order valence-electron chi connectivity index (χ2n) is 4.84. The van der Waals surface area contributed by atoms with E-state index in [1.165, 1.54) is 6.92 Å². The van der Waals surface area contributed by atoms with Gasteiger partial charge in [0.1, 0.15) is 5.75 Å². The zero-order valence-electron chi connectivity index (χ0n) is 13.1. The number of anilines is 1. The van der Waals surface area contributed by atoms with Crippen molar-refractivity contribution in [1.82, 2.24) is 15.5 Å². The van der Waals surface area contributed by atoms with Crippen molar-refractivity contribution in [3.63, 3.8) is 0 Å². The van der Waals surface area contributed by atoms with Crippen molar-refractivity contribution in [2.75, 3.05) is 18.5 Å². The Kier molecular flexibility index (Phi) is 6.26. The Balaban J connectivity index is 1.84. The van der Waals surface area contributed by atoms with E-state index in [1.54, 1.807) is 24.3 Å². The molecular formula is C15H18N4O5. The summed E-state index contributed by atoms with van der Waals surface area (Å²) in [6, 6.07) is 6.78. The minimum atomic E-state index is -0.498. The smallest absolute Gasteiger partial charge is 0.316 e. The van der Waals surface area contributed by atoms with Gasteiger partial charge in [-0.05, 0) is 30.7 Å². The maximum absolute atomic E-state index is 11.7. The molecule has 3 N–H and O–H groups in total. The maximum atomic E-state index is 11.7. The van der Waals surface area contributed by atoms with E-state index in [0.29, 0.717) is 24.4 Å². The average molecular weight is 334 g/mol. The van der Waals surface area contributed by atoms with Crippen LogP contribution in [0, 0.1) is 0 Å². The molecule has 1 aromatic heterocycles. The zero-order chi connectivity index (χ0) is 17.4. The first kappa shape index (κ1) is 17.4. The number of aliphatic hydroxyl groups is 1. The number of carbonyl (C=O) groups excluding carboxylic acids is 2. The van der Waals surface area contributed by atoms with E-state index < -0.39 is 5.91 Å². The molecule has 0 spiro atoms. The first-order valence-electron chi connectivity index (χ1n) is 7.30. The lowest BCUT2D eigenvalue weighted by Crippen LogP contribution is -2.25. The molecule has 0 saturated heterocycles. The standard InChI is InChI=1S/C15H18N4O5/c1-10(21)17-11-3-5-12(6-4-11)23-9-13-18-15(24-19-13)14(22)16-7-2-8-20/h3-6,20H,2,7-9H2,1H3,(H,16,22)(H,17,21). The molecule has 2 aromatic rings. The summed E-state index contributed by atoms with van der Waals surface area (Å²) in [6.07, 6.45) is 0.449.